The van der Waals surface area contributed by atoms with Crippen molar-refractivity contribution in [1.29, 1.82) is 0 Å². The van der Waals surface area contributed by atoms with Crippen LogP contribution in [0.5, 0.6) is 11.5 Å². The second-order valence-corrected chi connectivity index (χ2v) is 7.43. The van der Waals surface area contributed by atoms with Crippen molar-refractivity contribution >= 4 is 35.1 Å². The van der Waals surface area contributed by atoms with Crippen LogP contribution in [0.15, 0.2) is 47.6 Å². The summed E-state index contributed by atoms with van der Waals surface area (Å²) in [6.07, 6.45) is 1.51. The first-order valence-electron chi connectivity index (χ1n) is 8.57. The number of hydrazone groups is 1. The maximum atomic E-state index is 12.5. The third-order valence-electron chi connectivity index (χ3n) is 4.02. The van der Waals surface area contributed by atoms with Crippen LogP contribution in [-0.2, 0) is 0 Å². The average molecular weight is 414 g/mol. The van der Waals surface area contributed by atoms with Crippen molar-refractivity contribution in [3.8, 4) is 22.1 Å². The minimum atomic E-state index is -0.308. The van der Waals surface area contributed by atoms with Gasteiger partial charge in [0, 0.05) is 5.56 Å². The van der Waals surface area contributed by atoms with E-state index in [0.29, 0.717) is 45.9 Å². The Bertz CT molecular complexity index is 1050. The number of thiazole rings is 1. The van der Waals surface area contributed by atoms with Gasteiger partial charge in [-0.15, -0.1) is 11.3 Å². The molecule has 1 aliphatic rings. The third kappa shape index (κ3) is 3.85. The summed E-state index contributed by atoms with van der Waals surface area (Å²) in [5, 5.41) is 5.27. The van der Waals surface area contributed by atoms with E-state index < -0.39 is 0 Å². The first-order valence-corrected chi connectivity index (χ1v) is 9.76. The monoisotopic (exact) mass is 413 g/mol. The van der Waals surface area contributed by atoms with Gasteiger partial charge in [-0.25, -0.2) is 10.4 Å². The normalized spacial score (nSPS) is 12.9. The molecule has 1 amide bonds. The van der Waals surface area contributed by atoms with Gasteiger partial charge in [-0.3, -0.25) is 4.79 Å². The van der Waals surface area contributed by atoms with Crippen LogP contribution >= 0.6 is 22.9 Å². The first-order chi connectivity index (χ1) is 13.6. The molecule has 0 saturated carbocycles. The van der Waals surface area contributed by atoms with Gasteiger partial charge >= 0.3 is 0 Å². The van der Waals surface area contributed by atoms with Crippen molar-refractivity contribution in [2.45, 2.75) is 6.92 Å². The number of aryl methyl sites for hydroxylation is 1. The molecular weight excluding hydrogens is 398 g/mol. The lowest BCUT2D eigenvalue weighted by atomic mass is 10.2. The fourth-order valence-corrected chi connectivity index (χ4v) is 3.97. The Labute approximate surface area is 170 Å². The third-order valence-corrected chi connectivity index (χ3v) is 5.51. The summed E-state index contributed by atoms with van der Waals surface area (Å²) in [6, 6.07) is 13.2. The molecule has 4 rings (SSSR count). The van der Waals surface area contributed by atoms with E-state index in [1.54, 1.807) is 12.1 Å². The van der Waals surface area contributed by atoms with Crippen molar-refractivity contribution < 1.29 is 14.3 Å². The predicted octanol–water partition coefficient (Wildman–Crippen LogP) is 4.31. The average Bonchev–Trinajstić information content (AvgIpc) is 3.10. The first kappa shape index (κ1) is 18.5. The van der Waals surface area contributed by atoms with E-state index in [0.717, 1.165) is 10.6 Å². The standard InChI is InChI=1S/C20H16ClN3O3S/c1-12-18(28-20(23-12)14-5-3-2-4-6-14)19(25)24-22-11-13-9-15(21)17-16(10-13)26-7-8-27-17/h2-6,9-11H,7-8H2,1H3,(H,24,25)/b22-11-. The number of ether oxygens (including phenoxy) is 2. The molecule has 0 spiro atoms. The Morgan fingerprint density at radius 3 is 2.86 bits per heavy atom. The minimum absolute atomic E-state index is 0.308. The second-order valence-electron chi connectivity index (χ2n) is 6.03. The van der Waals surface area contributed by atoms with E-state index in [4.69, 9.17) is 21.1 Å². The molecule has 0 fully saturated rings. The molecule has 0 aliphatic carbocycles. The maximum absolute atomic E-state index is 12.5. The van der Waals surface area contributed by atoms with E-state index in [1.165, 1.54) is 17.6 Å². The summed E-state index contributed by atoms with van der Waals surface area (Å²) >= 11 is 7.54. The summed E-state index contributed by atoms with van der Waals surface area (Å²) in [5.74, 6) is 0.789. The van der Waals surface area contributed by atoms with Gasteiger partial charge < -0.3 is 9.47 Å². The highest BCUT2D eigenvalue weighted by Gasteiger charge is 2.17. The van der Waals surface area contributed by atoms with E-state index >= 15 is 0 Å². The van der Waals surface area contributed by atoms with Gasteiger partial charge in [0.1, 0.15) is 23.1 Å². The molecule has 0 unspecified atom stereocenters. The molecule has 1 aliphatic heterocycles. The molecule has 0 bridgehead atoms. The van der Waals surface area contributed by atoms with Crippen molar-refractivity contribution in [3.63, 3.8) is 0 Å². The van der Waals surface area contributed by atoms with Crippen molar-refractivity contribution in [3.05, 3.63) is 63.6 Å². The number of carbonyl (C=O) groups is 1. The number of nitrogens with one attached hydrogen (secondary N) is 1. The Balaban J connectivity index is 1.48. The Kier molecular flexibility index (Phi) is 5.27. The zero-order chi connectivity index (χ0) is 19.5. The minimum Gasteiger partial charge on any atom is -0.486 e. The Hall–Kier alpha value is -2.90. The fraction of sp³-hybridized carbons (Fsp3) is 0.150. The summed E-state index contributed by atoms with van der Waals surface area (Å²) in [6.45, 7) is 2.74. The number of rotatable bonds is 4. The zero-order valence-electron chi connectivity index (χ0n) is 14.9. The lowest BCUT2D eigenvalue weighted by Crippen LogP contribution is -2.17. The number of halogens is 1. The molecule has 2 aromatic carbocycles. The molecule has 0 saturated heterocycles. The molecule has 0 atom stereocenters. The van der Waals surface area contributed by atoms with Crippen LogP contribution in [-0.4, -0.2) is 30.3 Å². The molecule has 142 valence electrons. The van der Waals surface area contributed by atoms with Crippen molar-refractivity contribution in [2.75, 3.05) is 13.2 Å². The topological polar surface area (TPSA) is 72.8 Å². The second kappa shape index (κ2) is 8.00. The van der Waals surface area contributed by atoms with Crippen LogP contribution in [0.1, 0.15) is 20.9 Å². The summed E-state index contributed by atoms with van der Waals surface area (Å²) in [4.78, 5) is 17.5. The highest BCUT2D eigenvalue weighted by Crippen LogP contribution is 2.37. The predicted molar refractivity (Wildman–Crippen MR) is 110 cm³/mol. The van der Waals surface area contributed by atoms with Gasteiger partial charge in [0.15, 0.2) is 11.5 Å². The fourth-order valence-electron chi connectivity index (χ4n) is 2.73. The SMILES string of the molecule is Cc1nc(-c2ccccc2)sc1C(=O)N/N=C\c1cc(Cl)c2c(c1)OCCO2. The molecule has 2 heterocycles. The van der Waals surface area contributed by atoms with Crippen LogP contribution in [0, 0.1) is 6.92 Å². The van der Waals surface area contributed by atoms with Gasteiger partial charge in [0.05, 0.1) is 16.9 Å². The van der Waals surface area contributed by atoms with E-state index in [9.17, 15) is 4.79 Å². The zero-order valence-corrected chi connectivity index (χ0v) is 16.5. The van der Waals surface area contributed by atoms with Gasteiger partial charge in [-0.05, 0) is 24.6 Å². The highest BCUT2D eigenvalue weighted by atomic mass is 35.5. The van der Waals surface area contributed by atoms with Gasteiger partial charge in [-0.1, -0.05) is 41.9 Å². The van der Waals surface area contributed by atoms with E-state index in [1.807, 2.05) is 37.3 Å². The molecule has 28 heavy (non-hydrogen) atoms. The number of benzene rings is 2. The molecule has 1 N–H and O–H groups in total. The Morgan fingerprint density at radius 1 is 1.25 bits per heavy atom. The van der Waals surface area contributed by atoms with Crippen LogP contribution in [0.2, 0.25) is 5.02 Å². The molecular formula is C20H16ClN3O3S. The lowest BCUT2D eigenvalue weighted by molar-refractivity contribution is 0.0958. The maximum Gasteiger partial charge on any atom is 0.283 e. The van der Waals surface area contributed by atoms with Gasteiger partial charge in [-0.2, -0.15) is 5.10 Å². The quantitative estimate of drug-likeness (QED) is 0.511. The van der Waals surface area contributed by atoms with E-state index in [2.05, 4.69) is 15.5 Å². The molecule has 8 heteroatoms. The largest absolute Gasteiger partial charge is 0.486 e. The highest BCUT2D eigenvalue weighted by molar-refractivity contribution is 7.17. The molecule has 3 aromatic rings. The van der Waals surface area contributed by atoms with Crippen LogP contribution in [0.25, 0.3) is 10.6 Å². The summed E-state index contributed by atoms with van der Waals surface area (Å²) < 4.78 is 11.0. The van der Waals surface area contributed by atoms with Crippen LogP contribution in [0.4, 0.5) is 0 Å². The van der Waals surface area contributed by atoms with Crippen LogP contribution < -0.4 is 14.9 Å². The van der Waals surface area contributed by atoms with Gasteiger partial charge in [0.2, 0.25) is 0 Å². The number of carbonyl (C=O) groups excluding carboxylic acids is 1. The van der Waals surface area contributed by atoms with E-state index in [-0.39, 0.29) is 5.91 Å². The number of fused-ring (bicyclic) bond motifs is 1. The molecule has 1 aromatic heterocycles. The summed E-state index contributed by atoms with van der Waals surface area (Å²) in [7, 11) is 0. The number of amides is 1. The lowest BCUT2D eigenvalue weighted by Gasteiger charge is -2.19. The molecule has 6 nitrogen and oxygen atoms in total. The van der Waals surface area contributed by atoms with Crippen molar-refractivity contribution in [1.82, 2.24) is 10.4 Å². The number of aromatic nitrogens is 1. The van der Waals surface area contributed by atoms with Gasteiger partial charge in [0.25, 0.3) is 5.91 Å². The van der Waals surface area contributed by atoms with Crippen LogP contribution in [0.3, 0.4) is 0 Å². The smallest absolute Gasteiger partial charge is 0.283 e. The number of hydrogen-bond acceptors (Lipinski definition) is 6. The summed E-state index contributed by atoms with van der Waals surface area (Å²) in [5.41, 5.74) is 4.87. The molecule has 0 radical (unpaired) electrons. The van der Waals surface area contributed by atoms with Crippen molar-refractivity contribution in [2.24, 2.45) is 5.10 Å². The number of hydrogen-bond donors (Lipinski definition) is 1. The Morgan fingerprint density at radius 2 is 2.04 bits per heavy atom. The number of nitrogens with zero attached hydrogens (tertiary/aromatic N) is 2.